The fourth-order valence-electron chi connectivity index (χ4n) is 5.11. The Hall–Kier alpha value is -5.66. The molecule has 0 bridgehead atoms. The molecule has 0 saturated carbocycles. The molecule has 0 amide bonds. The van der Waals surface area contributed by atoms with Crippen LogP contribution in [0.15, 0.2) is 134 Å². The van der Waals surface area contributed by atoms with Crippen LogP contribution in [-0.2, 0) is 0 Å². The van der Waals surface area contributed by atoms with Gasteiger partial charge in [-0.1, -0.05) is 115 Å². The van der Waals surface area contributed by atoms with E-state index in [2.05, 4.69) is 35.3 Å². The van der Waals surface area contributed by atoms with E-state index in [0.717, 1.165) is 53.9 Å². The lowest BCUT2D eigenvalue weighted by Crippen LogP contribution is -2.00. The quantitative estimate of drug-likeness (QED) is 0.206. The molecule has 0 unspecified atom stereocenters. The summed E-state index contributed by atoms with van der Waals surface area (Å²) in [6, 6.07) is 42.4. The van der Waals surface area contributed by atoms with Gasteiger partial charge in [-0.3, -0.25) is 0 Å². The zero-order valence-corrected chi connectivity index (χ0v) is 23.6. The Bertz CT molecular complexity index is 2160. The Morgan fingerprint density at radius 3 is 1.40 bits per heavy atom. The standard InChI is InChI=1S/C36H22N6S/c1-4-11-24(12-5-1)32-38-29(31-30(39-32)28-17-10-22-37-36(28)43-31)23-18-20-27(21-19-23)35-41-33(25-13-6-2-7-14-25)40-34(42-35)26-15-8-3-9-16-26/h1-22H. The number of rotatable bonds is 5. The van der Waals surface area contributed by atoms with Crippen LogP contribution in [-0.4, -0.2) is 29.9 Å². The highest BCUT2D eigenvalue weighted by Gasteiger charge is 2.18. The van der Waals surface area contributed by atoms with Crippen LogP contribution in [0.25, 0.3) is 77.2 Å². The van der Waals surface area contributed by atoms with E-state index in [0.29, 0.717) is 23.3 Å². The van der Waals surface area contributed by atoms with Crippen molar-refractivity contribution in [1.82, 2.24) is 29.9 Å². The molecule has 4 aromatic carbocycles. The van der Waals surface area contributed by atoms with Gasteiger partial charge in [0.15, 0.2) is 23.3 Å². The smallest absolute Gasteiger partial charge is 0.164 e. The minimum absolute atomic E-state index is 0.614. The van der Waals surface area contributed by atoms with E-state index in [1.165, 1.54) is 0 Å². The zero-order chi connectivity index (χ0) is 28.6. The van der Waals surface area contributed by atoms with Gasteiger partial charge < -0.3 is 0 Å². The topological polar surface area (TPSA) is 77.3 Å². The first-order chi connectivity index (χ1) is 21.3. The van der Waals surface area contributed by atoms with Gasteiger partial charge in [0, 0.05) is 39.4 Å². The summed E-state index contributed by atoms with van der Waals surface area (Å²) in [6.45, 7) is 0. The SMILES string of the molecule is c1ccc(-c2nc(-c3ccccc3)nc(-c3ccc(-c4nc(-c5ccccc5)nc5c4sc4ncccc45)cc3)n2)cc1. The van der Waals surface area contributed by atoms with Gasteiger partial charge in [0.1, 0.15) is 4.83 Å². The fraction of sp³-hybridized carbons (Fsp3) is 0. The molecule has 0 fully saturated rings. The second kappa shape index (κ2) is 10.6. The lowest BCUT2D eigenvalue weighted by Gasteiger charge is -2.10. The van der Waals surface area contributed by atoms with Crippen LogP contribution >= 0.6 is 11.3 Å². The highest BCUT2D eigenvalue weighted by molar-refractivity contribution is 7.25. The fourth-order valence-corrected chi connectivity index (χ4v) is 6.20. The number of fused-ring (bicyclic) bond motifs is 3. The molecule has 0 aliphatic rings. The van der Waals surface area contributed by atoms with Crippen molar-refractivity contribution in [3.05, 3.63) is 134 Å². The van der Waals surface area contributed by atoms with Gasteiger partial charge in [-0.2, -0.15) is 0 Å². The lowest BCUT2D eigenvalue weighted by molar-refractivity contribution is 1.07. The van der Waals surface area contributed by atoms with Crippen LogP contribution in [0.1, 0.15) is 0 Å². The first-order valence-corrected chi connectivity index (χ1v) is 14.7. The molecule has 7 heteroatoms. The van der Waals surface area contributed by atoms with Crippen molar-refractivity contribution in [1.29, 1.82) is 0 Å². The lowest BCUT2D eigenvalue weighted by atomic mass is 10.1. The summed E-state index contributed by atoms with van der Waals surface area (Å²) in [7, 11) is 0. The number of benzene rings is 4. The maximum atomic E-state index is 5.08. The largest absolute Gasteiger partial charge is 0.245 e. The molecule has 0 spiro atoms. The zero-order valence-electron chi connectivity index (χ0n) is 22.8. The summed E-state index contributed by atoms with van der Waals surface area (Å²) in [4.78, 5) is 30.2. The van der Waals surface area contributed by atoms with Gasteiger partial charge in [0.2, 0.25) is 0 Å². The highest BCUT2D eigenvalue weighted by atomic mass is 32.1. The van der Waals surface area contributed by atoms with Crippen molar-refractivity contribution in [2.45, 2.75) is 0 Å². The summed E-state index contributed by atoms with van der Waals surface area (Å²) in [5, 5.41) is 1.03. The molecule has 8 rings (SSSR count). The van der Waals surface area contributed by atoms with E-state index in [1.807, 2.05) is 103 Å². The van der Waals surface area contributed by atoms with Crippen molar-refractivity contribution in [2.75, 3.05) is 0 Å². The molecule has 0 aliphatic heterocycles. The Morgan fingerprint density at radius 2 is 0.860 bits per heavy atom. The van der Waals surface area contributed by atoms with Crippen LogP contribution in [0.2, 0.25) is 0 Å². The molecule has 4 heterocycles. The molecule has 202 valence electrons. The molecule has 0 aliphatic carbocycles. The molecule has 8 aromatic rings. The summed E-state index contributed by atoms with van der Waals surface area (Å²) < 4.78 is 1.01. The van der Waals surface area contributed by atoms with Gasteiger partial charge >= 0.3 is 0 Å². The highest BCUT2D eigenvalue weighted by Crippen LogP contribution is 2.39. The molecule has 0 atom stereocenters. The first kappa shape index (κ1) is 25.1. The third-order valence-corrected chi connectivity index (χ3v) is 8.35. The monoisotopic (exact) mass is 570 g/mol. The maximum Gasteiger partial charge on any atom is 0.164 e. The number of hydrogen-bond donors (Lipinski definition) is 0. The summed E-state index contributed by atoms with van der Waals surface area (Å²) >= 11 is 1.62. The predicted octanol–water partition coefficient (Wildman–Crippen LogP) is 8.76. The van der Waals surface area contributed by atoms with E-state index in [4.69, 9.17) is 24.9 Å². The van der Waals surface area contributed by atoms with E-state index >= 15 is 0 Å². The van der Waals surface area contributed by atoms with Crippen molar-refractivity contribution in [2.24, 2.45) is 0 Å². The van der Waals surface area contributed by atoms with Crippen molar-refractivity contribution in [3.8, 4) is 56.8 Å². The van der Waals surface area contributed by atoms with Crippen molar-refractivity contribution < 1.29 is 0 Å². The van der Waals surface area contributed by atoms with E-state index in [9.17, 15) is 0 Å². The normalized spacial score (nSPS) is 11.3. The van der Waals surface area contributed by atoms with Gasteiger partial charge in [0.05, 0.1) is 15.9 Å². The minimum atomic E-state index is 0.614. The van der Waals surface area contributed by atoms with E-state index < -0.39 is 0 Å². The van der Waals surface area contributed by atoms with Crippen molar-refractivity contribution >= 4 is 31.8 Å². The maximum absolute atomic E-state index is 5.08. The number of pyridine rings is 1. The third kappa shape index (κ3) is 4.71. The van der Waals surface area contributed by atoms with E-state index in [1.54, 1.807) is 11.3 Å². The summed E-state index contributed by atoms with van der Waals surface area (Å²) in [5.41, 5.74) is 6.53. The number of hydrogen-bond acceptors (Lipinski definition) is 7. The van der Waals surface area contributed by atoms with Crippen molar-refractivity contribution in [3.63, 3.8) is 0 Å². The third-order valence-electron chi connectivity index (χ3n) is 7.24. The molecule has 0 N–H and O–H groups in total. The Kier molecular flexibility index (Phi) is 6.20. The Morgan fingerprint density at radius 1 is 0.395 bits per heavy atom. The molecule has 0 radical (unpaired) electrons. The average molecular weight is 571 g/mol. The average Bonchev–Trinajstić information content (AvgIpc) is 3.48. The molecule has 4 aromatic heterocycles. The molecular weight excluding hydrogens is 549 g/mol. The molecule has 43 heavy (non-hydrogen) atoms. The van der Waals surface area contributed by atoms with Crippen LogP contribution in [0, 0.1) is 0 Å². The first-order valence-electron chi connectivity index (χ1n) is 13.9. The van der Waals surface area contributed by atoms with Crippen LogP contribution in [0.5, 0.6) is 0 Å². The van der Waals surface area contributed by atoms with Crippen LogP contribution < -0.4 is 0 Å². The number of aromatic nitrogens is 6. The minimum Gasteiger partial charge on any atom is -0.245 e. The Balaban J connectivity index is 1.27. The van der Waals surface area contributed by atoms with Crippen LogP contribution in [0.3, 0.4) is 0 Å². The molecular formula is C36H22N6S. The summed E-state index contributed by atoms with van der Waals surface area (Å²) in [5.74, 6) is 2.57. The summed E-state index contributed by atoms with van der Waals surface area (Å²) in [6.07, 6.45) is 1.82. The van der Waals surface area contributed by atoms with Gasteiger partial charge in [-0.25, -0.2) is 29.9 Å². The van der Waals surface area contributed by atoms with E-state index in [-0.39, 0.29) is 0 Å². The second-order valence-electron chi connectivity index (χ2n) is 10.0. The number of nitrogens with zero attached hydrogens (tertiary/aromatic N) is 6. The predicted molar refractivity (Wildman–Crippen MR) is 173 cm³/mol. The second-order valence-corrected chi connectivity index (χ2v) is 11.0. The van der Waals surface area contributed by atoms with Gasteiger partial charge in [0.25, 0.3) is 0 Å². The number of thiophene rings is 1. The van der Waals surface area contributed by atoms with Gasteiger partial charge in [-0.05, 0) is 12.1 Å². The van der Waals surface area contributed by atoms with Gasteiger partial charge in [-0.15, -0.1) is 11.3 Å². The Labute approximate surface area is 251 Å². The molecule has 0 saturated heterocycles. The van der Waals surface area contributed by atoms with Crippen LogP contribution in [0.4, 0.5) is 0 Å². The molecule has 6 nitrogen and oxygen atoms in total.